The van der Waals surface area contributed by atoms with E-state index in [1.807, 2.05) is 24.4 Å². The van der Waals surface area contributed by atoms with Gasteiger partial charge in [0.05, 0.1) is 5.69 Å². The van der Waals surface area contributed by atoms with Gasteiger partial charge in [0.1, 0.15) is 5.65 Å². The first kappa shape index (κ1) is 12.5. The van der Waals surface area contributed by atoms with Gasteiger partial charge in [-0.1, -0.05) is 19.9 Å². The zero-order chi connectivity index (χ0) is 13.4. The molecule has 102 valence electrons. The van der Waals surface area contributed by atoms with Gasteiger partial charge in [0.25, 0.3) is 0 Å². The minimum Gasteiger partial charge on any atom is -0.355 e. The van der Waals surface area contributed by atoms with Crippen LogP contribution in [0.15, 0.2) is 24.4 Å². The molecule has 0 radical (unpaired) electrons. The molecule has 19 heavy (non-hydrogen) atoms. The maximum atomic E-state index is 5.95. The van der Waals surface area contributed by atoms with Crippen molar-refractivity contribution >= 4 is 11.5 Å². The predicted octanol–water partition coefficient (Wildman–Crippen LogP) is 2.28. The molecular weight excluding hydrogens is 236 g/mol. The third kappa shape index (κ3) is 2.21. The van der Waals surface area contributed by atoms with E-state index in [2.05, 4.69) is 23.1 Å². The zero-order valence-electron chi connectivity index (χ0n) is 11.7. The second-order valence-electron chi connectivity index (χ2n) is 5.87. The molecule has 3 heterocycles. The number of imidazole rings is 1. The van der Waals surface area contributed by atoms with Crippen LogP contribution in [0.4, 0.5) is 5.82 Å². The van der Waals surface area contributed by atoms with Gasteiger partial charge in [-0.2, -0.15) is 0 Å². The Kier molecular flexibility index (Phi) is 3.19. The van der Waals surface area contributed by atoms with E-state index in [0.717, 1.165) is 42.1 Å². The highest BCUT2D eigenvalue weighted by Crippen LogP contribution is 2.28. The molecule has 0 amide bonds. The first-order valence-electron chi connectivity index (χ1n) is 7.10. The summed E-state index contributed by atoms with van der Waals surface area (Å²) in [6.07, 6.45) is 3.35. The summed E-state index contributed by atoms with van der Waals surface area (Å²) < 4.78 is 2.11. The van der Waals surface area contributed by atoms with Crippen LogP contribution >= 0.6 is 0 Å². The Morgan fingerprint density at radius 2 is 2.00 bits per heavy atom. The van der Waals surface area contributed by atoms with Crippen molar-refractivity contribution in [3.05, 3.63) is 30.1 Å². The summed E-state index contributed by atoms with van der Waals surface area (Å²) in [5.41, 5.74) is 8.06. The van der Waals surface area contributed by atoms with E-state index in [9.17, 15) is 0 Å². The summed E-state index contributed by atoms with van der Waals surface area (Å²) in [5, 5.41) is 0. The molecule has 1 fully saturated rings. The monoisotopic (exact) mass is 258 g/mol. The Labute approximate surface area is 114 Å². The van der Waals surface area contributed by atoms with E-state index in [0.29, 0.717) is 6.54 Å². The van der Waals surface area contributed by atoms with Crippen LogP contribution in [-0.4, -0.2) is 22.5 Å². The first-order valence-corrected chi connectivity index (χ1v) is 7.10. The normalized spacial score (nSPS) is 24.1. The molecule has 0 aliphatic carbocycles. The molecule has 2 atom stereocenters. The number of anilines is 1. The van der Waals surface area contributed by atoms with Gasteiger partial charge in [-0.25, -0.2) is 4.98 Å². The summed E-state index contributed by atoms with van der Waals surface area (Å²) in [6.45, 7) is 7.34. The molecule has 2 aromatic rings. The molecule has 0 spiro atoms. The van der Waals surface area contributed by atoms with Crippen molar-refractivity contribution in [3.63, 3.8) is 0 Å². The molecule has 4 nitrogen and oxygen atoms in total. The highest BCUT2D eigenvalue weighted by Gasteiger charge is 2.25. The maximum Gasteiger partial charge on any atom is 0.152 e. The first-order chi connectivity index (χ1) is 9.19. The minimum absolute atomic E-state index is 0.528. The number of fused-ring (bicyclic) bond motifs is 1. The molecule has 0 bridgehead atoms. The van der Waals surface area contributed by atoms with Crippen LogP contribution in [0.2, 0.25) is 0 Å². The van der Waals surface area contributed by atoms with Crippen molar-refractivity contribution in [1.82, 2.24) is 9.38 Å². The SMILES string of the molecule is CC1CC(C)CN(c2nc3ccccn3c2CN)C1. The molecule has 4 heteroatoms. The average molecular weight is 258 g/mol. The summed E-state index contributed by atoms with van der Waals surface area (Å²) >= 11 is 0. The fourth-order valence-corrected chi connectivity index (χ4v) is 3.31. The van der Waals surface area contributed by atoms with Crippen LogP contribution in [-0.2, 0) is 6.54 Å². The number of aromatic nitrogens is 2. The van der Waals surface area contributed by atoms with Crippen LogP contribution < -0.4 is 10.6 Å². The van der Waals surface area contributed by atoms with Crippen LogP contribution in [0.5, 0.6) is 0 Å². The van der Waals surface area contributed by atoms with Gasteiger partial charge in [-0.15, -0.1) is 0 Å². The number of nitrogens with zero attached hydrogens (tertiary/aromatic N) is 3. The summed E-state index contributed by atoms with van der Waals surface area (Å²) in [6, 6.07) is 6.09. The van der Waals surface area contributed by atoms with Crippen LogP contribution in [0.3, 0.4) is 0 Å². The van der Waals surface area contributed by atoms with Crippen molar-refractivity contribution in [1.29, 1.82) is 0 Å². The molecular formula is C15H22N4. The molecule has 0 aromatic carbocycles. The van der Waals surface area contributed by atoms with E-state index in [1.54, 1.807) is 0 Å². The summed E-state index contributed by atoms with van der Waals surface area (Å²) in [4.78, 5) is 7.20. The third-order valence-corrected chi connectivity index (χ3v) is 3.97. The number of pyridine rings is 1. The number of piperidine rings is 1. The Morgan fingerprint density at radius 1 is 1.26 bits per heavy atom. The fraction of sp³-hybridized carbons (Fsp3) is 0.533. The van der Waals surface area contributed by atoms with Crippen molar-refractivity contribution in [2.75, 3.05) is 18.0 Å². The number of rotatable bonds is 2. The molecule has 1 aliphatic rings. The highest BCUT2D eigenvalue weighted by atomic mass is 15.2. The molecule has 2 aromatic heterocycles. The van der Waals surface area contributed by atoms with Gasteiger partial charge in [-0.05, 0) is 30.4 Å². The molecule has 0 saturated carbocycles. The van der Waals surface area contributed by atoms with E-state index in [4.69, 9.17) is 10.7 Å². The Balaban J connectivity index is 2.04. The van der Waals surface area contributed by atoms with Gasteiger partial charge < -0.3 is 15.0 Å². The molecule has 1 saturated heterocycles. The lowest BCUT2D eigenvalue weighted by Gasteiger charge is -2.35. The lowest BCUT2D eigenvalue weighted by atomic mass is 9.92. The van der Waals surface area contributed by atoms with Gasteiger partial charge in [0.15, 0.2) is 5.82 Å². The maximum absolute atomic E-state index is 5.95. The summed E-state index contributed by atoms with van der Waals surface area (Å²) in [5.74, 6) is 2.52. The Morgan fingerprint density at radius 3 is 2.68 bits per heavy atom. The fourth-order valence-electron chi connectivity index (χ4n) is 3.31. The lowest BCUT2D eigenvalue weighted by molar-refractivity contribution is 0.355. The third-order valence-electron chi connectivity index (χ3n) is 3.97. The van der Waals surface area contributed by atoms with Crippen molar-refractivity contribution in [3.8, 4) is 0 Å². The smallest absolute Gasteiger partial charge is 0.152 e. The summed E-state index contributed by atoms with van der Waals surface area (Å²) in [7, 11) is 0. The molecule has 1 aliphatic heterocycles. The predicted molar refractivity (Wildman–Crippen MR) is 78.2 cm³/mol. The van der Waals surface area contributed by atoms with E-state index in [-0.39, 0.29) is 0 Å². The second kappa shape index (κ2) is 4.85. The number of hydrogen-bond acceptors (Lipinski definition) is 3. The van der Waals surface area contributed by atoms with Crippen molar-refractivity contribution in [2.24, 2.45) is 17.6 Å². The quantitative estimate of drug-likeness (QED) is 0.899. The van der Waals surface area contributed by atoms with Crippen molar-refractivity contribution in [2.45, 2.75) is 26.8 Å². The zero-order valence-corrected chi connectivity index (χ0v) is 11.7. The van der Waals surface area contributed by atoms with Crippen LogP contribution in [0.25, 0.3) is 5.65 Å². The highest BCUT2D eigenvalue weighted by molar-refractivity contribution is 5.56. The van der Waals surface area contributed by atoms with Gasteiger partial charge in [-0.3, -0.25) is 0 Å². The topological polar surface area (TPSA) is 46.6 Å². The van der Waals surface area contributed by atoms with E-state index in [1.165, 1.54) is 6.42 Å². The van der Waals surface area contributed by atoms with Gasteiger partial charge in [0, 0.05) is 25.8 Å². The largest absolute Gasteiger partial charge is 0.355 e. The van der Waals surface area contributed by atoms with Crippen molar-refractivity contribution < 1.29 is 0 Å². The van der Waals surface area contributed by atoms with E-state index < -0.39 is 0 Å². The van der Waals surface area contributed by atoms with E-state index >= 15 is 0 Å². The van der Waals surface area contributed by atoms with Gasteiger partial charge >= 0.3 is 0 Å². The molecule has 2 N–H and O–H groups in total. The Hall–Kier alpha value is -1.55. The van der Waals surface area contributed by atoms with Gasteiger partial charge in [0.2, 0.25) is 0 Å². The average Bonchev–Trinajstić information content (AvgIpc) is 2.76. The Bertz CT molecular complexity index is 565. The lowest BCUT2D eigenvalue weighted by Crippen LogP contribution is -2.39. The second-order valence-corrected chi connectivity index (χ2v) is 5.87. The standard InChI is InChI=1S/C15H22N4/c1-11-7-12(2)10-18(9-11)15-13(8-16)19-6-4-3-5-14(19)17-15/h3-6,11-12H,7-10,16H2,1-2H3. The molecule has 2 unspecified atom stereocenters. The van der Waals surface area contributed by atoms with Crippen LogP contribution in [0, 0.1) is 11.8 Å². The molecule has 3 rings (SSSR count). The number of nitrogens with two attached hydrogens (primary N) is 1. The van der Waals surface area contributed by atoms with Crippen LogP contribution in [0.1, 0.15) is 26.0 Å². The number of hydrogen-bond donors (Lipinski definition) is 1. The minimum atomic E-state index is 0.528.